The van der Waals surface area contributed by atoms with Crippen molar-refractivity contribution in [3.63, 3.8) is 0 Å². The third-order valence-electron chi connectivity index (χ3n) is 4.81. The van der Waals surface area contributed by atoms with Crippen molar-refractivity contribution in [2.45, 2.75) is 37.8 Å². The predicted molar refractivity (Wildman–Crippen MR) is 83.5 cm³/mol. The van der Waals surface area contributed by atoms with Crippen molar-refractivity contribution in [2.75, 3.05) is 33.3 Å². The Hall–Kier alpha value is -1.40. The monoisotopic (exact) mass is 306 g/mol. The second kappa shape index (κ2) is 6.79. The first kappa shape index (κ1) is 15.5. The molecule has 0 aliphatic carbocycles. The van der Waals surface area contributed by atoms with Gasteiger partial charge in [-0.1, -0.05) is 0 Å². The highest BCUT2D eigenvalue weighted by Crippen LogP contribution is 2.23. The number of rotatable bonds is 5. The summed E-state index contributed by atoms with van der Waals surface area (Å²) in [5.74, 6) is 0.191. The van der Waals surface area contributed by atoms with Crippen molar-refractivity contribution >= 4 is 5.91 Å². The van der Waals surface area contributed by atoms with Crippen LogP contribution in [0.15, 0.2) is 12.4 Å². The van der Waals surface area contributed by atoms with E-state index in [0.717, 1.165) is 18.5 Å². The highest BCUT2D eigenvalue weighted by molar-refractivity contribution is 5.79. The quantitative estimate of drug-likeness (QED) is 0.802. The molecule has 1 aromatic heterocycles. The van der Waals surface area contributed by atoms with Crippen molar-refractivity contribution < 1.29 is 9.53 Å². The fraction of sp³-hybridized carbons (Fsp3) is 0.750. The summed E-state index contributed by atoms with van der Waals surface area (Å²) < 4.78 is 7.25. The Kier molecular flexibility index (Phi) is 4.78. The topological polar surface area (TPSA) is 50.6 Å². The first-order chi connectivity index (χ1) is 10.7. The van der Waals surface area contributed by atoms with Crippen LogP contribution in [0.5, 0.6) is 0 Å². The van der Waals surface area contributed by atoms with E-state index in [4.69, 9.17) is 4.74 Å². The average molecular weight is 306 g/mol. The lowest BCUT2D eigenvalue weighted by molar-refractivity contribution is -0.131. The molecule has 0 saturated carbocycles. The Balaban J connectivity index is 1.63. The molecule has 2 aliphatic rings. The number of ether oxygens (including phenoxy) is 1. The molecule has 2 atom stereocenters. The van der Waals surface area contributed by atoms with Gasteiger partial charge in [-0.3, -0.25) is 9.48 Å². The van der Waals surface area contributed by atoms with Crippen LogP contribution in [0.25, 0.3) is 0 Å². The van der Waals surface area contributed by atoms with Gasteiger partial charge in [-0.2, -0.15) is 5.10 Å². The molecule has 2 saturated heterocycles. The molecule has 0 unspecified atom stereocenters. The summed E-state index contributed by atoms with van der Waals surface area (Å²) >= 11 is 0. The standard InChI is InChI=1S/C16H26N4O2/c1-18-10-13(9-17-18)7-16(21)20-12-15(22-2)8-14(20)11-19-5-3-4-6-19/h9-10,14-15H,3-8,11-12H2,1-2H3/t14-,15-/m0/s1. The van der Waals surface area contributed by atoms with Gasteiger partial charge in [0, 0.05) is 39.5 Å². The summed E-state index contributed by atoms with van der Waals surface area (Å²) in [5, 5.41) is 4.14. The number of nitrogens with zero attached hydrogens (tertiary/aromatic N) is 4. The zero-order chi connectivity index (χ0) is 15.5. The van der Waals surface area contributed by atoms with E-state index in [2.05, 4.69) is 10.00 Å². The maximum atomic E-state index is 12.7. The van der Waals surface area contributed by atoms with Crippen LogP contribution < -0.4 is 0 Å². The molecule has 0 radical (unpaired) electrons. The van der Waals surface area contributed by atoms with E-state index >= 15 is 0 Å². The van der Waals surface area contributed by atoms with Crippen LogP contribution in [0.2, 0.25) is 0 Å². The number of aryl methyl sites for hydroxylation is 1. The first-order valence-corrected chi connectivity index (χ1v) is 8.18. The van der Waals surface area contributed by atoms with Crippen LogP contribution in [0, 0.1) is 0 Å². The number of aromatic nitrogens is 2. The molecule has 0 bridgehead atoms. The molecular weight excluding hydrogens is 280 g/mol. The van der Waals surface area contributed by atoms with Gasteiger partial charge in [0.1, 0.15) is 0 Å². The lowest BCUT2D eigenvalue weighted by Gasteiger charge is -2.28. The summed E-state index contributed by atoms with van der Waals surface area (Å²) in [4.78, 5) is 17.2. The largest absolute Gasteiger partial charge is 0.380 e. The van der Waals surface area contributed by atoms with Crippen LogP contribution >= 0.6 is 0 Å². The number of methoxy groups -OCH3 is 1. The van der Waals surface area contributed by atoms with E-state index in [1.165, 1.54) is 25.9 Å². The van der Waals surface area contributed by atoms with Gasteiger partial charge in [0.05, 0.1) is 18.7 Å². The Morgan fingerprint density at radius 1 is 1.41 bits per heavy atom. The second-order valence-electron chi connectivity index (χ2n) is 6.50. The van der Waals surface area contributed by atoms with Crippen molar-refractivity contribution in [2.24, 2.45) is 7.05 Å². The molecule has 2 aliphatic heterocycles. The fourth-order valence-electron chi connectivity index (χ4n) is 3.63. The van der Waals surface area contributed by atoms with Crippen molar-refractivity contribution in [3.8, 4) is 0 Å². The van der Waals surface area contributed by atoms with Gasteiger partial charge >= 0.3 is 0 Å². The van der Waals surface area contributed by atoms with Gasteiger partial charge in [0.25, 0.3) is 0 Å². The molecule has 0 N–H and O–H groups in total. The molecule has 1 amide bonds. The predicted octanol–water partition coefficient (Wildman–Crippen LogP) is 0.674. The van der Waals surface area contributed by atoms with Crippen LogP contribution in [-0.2, 0) is 23.0 Å². The van der Waals surface area contributed by atoms with E-state index < -0.39 is 0 Å². The smallest absolute Gasteiger partial charge is 0.227 e. The van der Waals surface area contributed by atoms with E-state index in [-0.39, 0.29) is 18.1 Å². The van der Waals surface area contributed by atoms with E-state index in [1.54, 1.807) is 18.0 Å². The van der Waals surface area contributed by atoms with Crippen molar-refractivity contribution in [1.29, 1.82) is 0 Å². The molecule has 22 heavy (non-hydrogen) atoms. The molecule has 2 fully saturated rings. The number of amides is 1. The van der Waals surface area contributed by atoms with E-state index in [9.17, 15) is 4.79 Å². The summed E-state index contributed by atoms with van der Waals surface area (Å²) in [6, 6.07) is 0.284. The highest BCUT2D eigenvalue weighted by atomic mass is 16.5. The van der Waals surface area contributed by atoms with Crippen LogP contribution in [0.3, 0.4) is 0 Å². The zero-order valence-electron chi connectivity index (χ0n) is 13.6. The minimum Gasteiger partial charge on any atom is -0.380 e. The van der Waals surface area contributed by atoms with Crippen molar-refractivity contribution in [3.05, 3.63) is 18.0 Å². The molecule has 3 rings (SSSR count). The van der Waals surface area contributed by atoms with Gasteiger partial charge in [0.2, 0.25) is 5.91 Å². The molecule has 0 spiro atoms. The number of carbonyl (C=O) groups is 1. The summed E-state index contributed by atoms with van der Waals surface area (Å²) in [6.45, 7) is 4.03. The maximum Gasteiger partial charge on any atom is 0.227 e. The molecule has 0 aromatic carbocycles. The average Bonchev–Trinajstić information content (AvgIpc) is 3.21. The van der Waals surface area contributed by atoms with Gasteiger partial charge in [0.15, 0.2) is 0 Å². The fourth-order valence-corrected chi connectivity index (χ4v) is 3.63. The zero-order valence-corrected chi connectivity index (χ0v) is 13.6. The molecular formula is C16H26N4O2. The van der Waals surface area contributed by atoms with Gasteiger partial charge in [-0.15, -0.1) is 0 Å². The van der Waals surface area contributed by atoms with Crippen LogP contribution in [0.1, 0.15) is 24.8 Å². The van der Waals surface area contributed by atoms with Crippen LogP contribution in [-0.4, -0.2) is 70.9 Å². The Morgan fingerprint density at radius 3 is 2.82 bits per heavy atom. The van der Waals surface area contributed by atoms with Crippen molar-refractivity contribution in [1.82, 2.24) is 19.6 Å². The molecule has 6 nitrogen and oxygen atoms in total. The Bertz CT molecular complexity index is 510. The Morgan fingerprint density at radius 2 is 2.18 bits per heavy atom. The molecule has 122 valence electrons. The lowest BCUT2D eigenvalue weighted by Crippen LogP contribution is -2.43. The van der Waals surface area contributed by atoms with Gasteiger partial charge in [-0.25, -0.2) is 0 Å². The summed E-state index contributed by atoms with van der Waals surface area (Å²) in [6.07, 6.45) is 7.81. The minimum absolute atomic E-state index is 0.172. The number of carbonyl (C=O) groups excluding carboxylic acids is 1. The van der Waals surface area contributed by atoms with E-state index in [0.29, 0.717) is 13.0 Å². The maximum absolute atomic E-state index is 12.7. The molecule has 3 heterocycles. The number of hydrogen-bond donors (Lipinski definition) is 0. The van der Waals surface area contributed by atoms with E-state index in [1.807, 2.05) is 18.1 Å². The molecule has 1 aromatic rings. The summed E-state index contributed by atoms with van der Waals surface area (Å²) in [7, 11) is 3.62. The number of hydrogen-bond acceptors (Lipinski definition) is 4. The highest BCUT2D eigenvalue weighted by Gasteiger charge is 2.36. The second-order valence-corrected chi connectivity index (χ2v) is 6.50. The lowest BCUT2D eigenvalue weighted by atomic mass is 10.1. The van der Waals surface area contributed by atoms with Gasteiger partial charge in [-0.05, 0) is 37.9 Å². The van der Waals surface area contributed by atoms with Crippen LogP contribution in [0.4, 0.5) is 0 Å². The summed E-state index contributed by atoms with van der Waals surface area (Å²) in [5.41, 5.74) is 0.980. The first-order valence-electron chi connectivity index (χ1n) is 8.18. The number of likely N-dealkylation sites (tertiary alicyclic amines) is 2. The Labute approximate surface area is 132 Å². The minimum atomic E-state index is 0.172. The molecule has 6 heteroatoms. The SMILES string of the molecule is CO[C@H]1C[C@@H](CN2CCCC2)N(C(=O)Cc2cnn(C)c2)C1. The third-order valence-corrected chi connectivity index (χ3v) is 4.81. The third kappa shape index (κ3) is 3.50. The van der Waals surface area contributed by atoms with Gasteiger partial charge < -0.3 is 14.5 Å². The normalized spacial score (nSPS) is 26.0.